The first-order valence-electron chi connectivity index (χ1n) is 7.04. The van der Waals surface area contributed by atoms with E-state index in [1.54, 1.807) is 6.07 Å². The number of nitriles is 1. The molecular weight excluding hydrogens is 405 g/mol. The van der Waals surface area contributed by atoms with Gasteiger partial charge in [-0.25, -0.2) is 0 Å². The molecule has 0 atom stereocenters. The van der Waals surface area contributed by atoms with Crippen LogP contribution in [0, 0.1) is 14.9 Å². The number of para-hydroxylation sites is 1. The first-order chi connectivity index (χ1) is 11.1. The van der Waals surface area contributed by atoms with E-state index in [1.165, 1.54) is 6.07 Å². The molecule has 4 nitrogen and oxygen atoms in total. The zero-order valence-corrected chi connectivity index (χ0v) is 14.4. The molecule has 0 unspecified atom stereocenters. The molecule has 0 aliphatic rings. The van der Waals surface area contributed by atoms with Gasteiger partial charge in [-0.05, 0) is 40.8 Å². The van der Waals surface area contributed by atoms with Crippen molar-refractivity contribution >= 4 is 39.3 Å². The van der Waals surface area contributed by atoms with Crippen molar-refractivity contribution in [3.05, 3.63) is 62.4 Å². The number of furan rings is 1. The quantitative estimate of drug-likeness (QED) is 0.506. The molecule has 0 amide bonds. The molecule has 114 valence electrons. The minimum absolute atomic E-state index is 0.0890. The number of halogens is 1. The summed E-state index contributed by atoms with van der Waals surface area (Å²) in [6.07, 6.45) is 0.593. The molecule has 1 aromatic heterocycles. The van der Waals surface area contributed by atoms with E-state index in [1.807, 2.05) is 59.8 Å². The van der Waals surface area contributed by atoms with Gasteiger partial charge in [-0.3, -0.25) is 4.79 Å². The van der Waals surface area contributed by atoms with E-state index >= 15 is 0 Å². The Bertz CT molecular complexity index is 966. The molecule has 0 bridgehead atoms. The summed E-state index contributed by atoms with van der Waals surface area (Å²) in [7, 11) is 0. The Kier molecular flexibility index (Phi) is 4.09. The van der Waals surface area contributed by atoms with E-state index in [2.05, 4.69) is 0 Å². The second-order valence-corrected chi connectivity index (χ2v) is 6.21. The first-order valence-corrected chi connectivity index (χ1v) is 8.12. The molecule has 0 spiro atoms. The van der Waals surface area contributed by atoms with Crippen LogP contribution in [0.25, 0.3) is 11.0 Å². The average molecular weight is 417 g/mol. The molecule has 0 saturated carbocycles. The van der Waals surface area contributed by atoms with E-state index in [-0.39, 0.29) is 17.1 Å². The highest BCUT2D eigenvalue weighted by molar-refractivity contribution is 14.1. The number of ketones is 1. The summed E-state index contributed by atoms with van der Waals surface area (Å²) in [5.74, 6) is 0.316. The second-order valence-electron chi connectivity index (χ2n) is 5.05. The molecule has 2 aromatic carbocycles. The summed E-state index contributed by atoms with van der Waals surface area (Å²) >= 11 is 1.91. The summed E-state index contributed by atoms with van der Waals surface area (Å²) in [5, 5.41) is 19.7. The SMILES string of the molecule is CCc1oc2ccccc2c1C(=O)c1cc(I)c(O)c(C#N)c1. The van der Waals surface area contributed by atoms with Gasteiger partial charge >= 0.3 is 0 Å². The van der Waals surface area contributed by atoms with Crippen molar-refractivity contribution in [1.29, 1.82) is 5.26 Å². The van der Waals surface area contributed by atoms with Crippen molar-refractivity contribution in [1.82, 2.24) is 0 Å². The van der Waals surface area contributed by atoms with Gasteiger partial charge in [-0.2, -0.15) is 5.26 Å². The third kappa shape index (κ3) is 2.59. The Balaban J connectivity index is 2.22. The van der Waals surface area contributed by atoms with Gasteiger partial charge in [0.2, 0.25) is 0 Å². The van der Waals surface area contributed by atoms with Crippen LogP contribution in [0.2, 0.25) is 0 Å². The zero-order chi connectivity index (χ0) is 16.6. The van der Waals surface area contributed by atoms with Gasteiger partial charge in [0.05, 0.1) is 14.7 Å². The van der Waals surface area contributed by atoms with E-state index in [0.717, 1.165) is 5.39 Å². The molecular formula is C18H12INO3. The topological polar surface area (TPSA) is 74.2 Å². The number of carbonyl (C=O) groups excluding carboxylic acids is 1. The van der Waals surface area contributed by atoms with Crippen LogP contribution in [-0.4, -0.2) is 10.9 Å². The van der Waals surface area contributed by atoms with Gasteiger partial charge in [0.25, 0.3) is 0 Å². The van der Waals surface area contributed by atoms with Gasteiger partial charge < -0.3 is 9.52 Å². The fraction of sp³-hybridized carbons (Fsp3) is 0.111. The van der Waals surface area contributed by atoms with E-state index < -0.39 is 0 Å². The Morgan fingerprint density at radius 2 is 2.09 bits per heavy atom. The second kappa shape index (κ2) is 6.05. The van der Waals surface area contributed by atoms with Crippen molar-refractivity contribution in [2.24, 2.45) is 0 Å². The molecule has 0 fully saturated rings. The van der Waals surface area contributed by atoms with Crippen LogP contribution in [0.1, 0.15) is 34.2 Å². The summed E-state index contributed by atoms with van der Waals surface area (Å²) in [6.45, 7) is 1.93. The lowest BCUT2D eigenvalue weighted by atomic mass is 9.98. The van der Waals surface area contributed by atoms with Crippen molar-refractivity contribution in [2.75, 3.05) is 0 Å². The number of nitrogens with zero attached hydrogens (tertiary/aromatic N) is 1. The number of hydrogen-bond acceptors (Lipinski definition) is 4. The highest BCUT2D eigenvalue weighted by atomic mass is 127. The van der Waals surface area contributed by atoms with Crippen LogP contribution in [0.4, 0.5) is 0 Å². The molecule has 0 saturated heterocycles. The van der Waals surface area contributed by atoms with Crippen LogP contribution < -0.4 is 0 Å². The first kappa shape index (κ1) is 15.6. The van der Waals surface area contributed by atoms with Crippen LogP contribution in [0.15, 0.2) is 40.8 Å². The Morgan fingerprint density at radius 3 is 2.78 bits per heavy atom. The number of phenols is 1. The zero-order valence-electron chi connectivity index (χ0n) is 12.3. The van der Waals surface area contributed by atoms with Crippen LogP contribution in [0.3, 0.4) is 0 Å². The molecule has 0 radical (unpaired) electrons. The van der Waals surface area contributed by atoms with Crippen LogP contribution in [0.5, 0.6) is 5.75 Å². The number of phenolic OH excluding ortho intramolecular Hbond substituents is 1. The smallest absolute Gasteiger partial charge is 0.197 e. The lowest BCUT2D eigenvalue weighted by Gasteiger charge is -2.05. The predicted molar refractivity (Wildman–Crippen MR) is 94.6 cm³/mol. The van der Waals surface area contributed by atoms with Gasteiger partial charge in [-0.1, -0.05) is 25.1 Å². The number of aromatic hydroxyl groups is 1. The predicted octanol–water partition coefficient (Wildman–Crippen LogP) is 4.41. The Labute approximate surface area is 146 Å². The van der Waals surface area contributed by atoms with E-state index in [0.29, 0.717) is 32.5 Å². The number of rotatable bonds is 3. The third-order valence-corrected chi connectivity index (χ3v) is 4.48. The lowest BCUT2D eigenvalue weighted by molar-refractivity contribution is 0.103. The molecule has 23 heavy (non-hydrogen) atoms. The van der Waals surface area contributed by atoms with Crippen molar-refractivity contribution in [2.45, 2.75) is 13.3 Å². The molecule has 5 heteroatoms. The number of fused-ring (bicyclic) bond motifs is 1. The lowest BCUT2D eigenvalue weighted by Crippen LogP contribution is -2.04. The van der Waals surface area contributed by atoms with Gasteiger partial charge in [-0.15, -0.1) is 0 Å². The molecule has 3 rings (SSSR count). The summed E-state index contributed by atoms with van der Waals surface area (Å²) in [5.41, 5.74) is 1.64. The minimum Gasteiger partial charge on any atom is -0.505 e. The highest BCUT2D eigenvalue weighted by Crippen LogP contribution is 2.31. The Hall–Kier alpha value is -2.33. The molecule has 0 aliphatic heterocycles. The van der Waals surface area contributed by atoms with Crippen LogP contribution >= 0.6 is 22.6 Å². The minimum atomic E-state index is -0.207. The van der Waals surface area contributed by atoms with Crippen LogP contribution in [-0.2, 0) is 6.42 Å². The number of benzene rings is 2. The average Bonchev–Trinajstić information content (AvgIpc) is 2.95. The monoisotopic (exact) mass is 417 g/mol. The van der Waals surface area contributed by atoms with E-state index in [4.69, 9.17) is 9.68 Å². The summed E-state index contributed by atoms with van der Waals surface area (Å²) in [6, 6.07) is 12.3. The van der Waals surface area contributed by atoms with Gasteiger partial charge in [0.15, 0.2) is 5.78 Å². The fourth-order valence-corrected chi connectivity index (χ4v) is 3.18. The largest absolute Gasteiger partial charge is 0.505 e. The third-order valence-electron chi connectivity index (χ3n) is 3.66. The van der Waals surface area contributed by atoms with E-state index in [9.17, 15) is 9.90 Å². The number of aryl methyl sites for hydroxylation is 1. The summed E-state index contributed by atoms with van der Waals surface area (Å²) < 4.78 is 6.23. The molecule has 1 N–H and O–H groups in total. The number of hydrogen-bond donors (Lipinski definition) is 1. The molecule has 3 aromatic rings. The molecule has 0 aliphatic carbocycles. The van der Waals surface area contributed by atoms with Crippen molar-refractivity contribution in [3.63, 3.8) is 0 Å². The fourth-order valence-electron chi connectivity index (χ4n) is 2.55. The number of carbonyl (C=O) groups is 1. The summed E-state index contributed by atoms with van der Waals surface area (Å²) in [4.78, 5) is 13.0. The van der Waals surface area contributed by atoms with Gasteiger partial charge in [0, 0.05) is 17.4 Å². The maximum atomic E-state index is 13.0. The molecule has 1 heterocycles. The normalized spacial score (nSPS) is 10.7. The Morgan fingerprint density at radius 1 is 1.35 bits per heavy atom. The standard InChI is InChI=1S/C18H12INO3/c1-2-14-16(12-5-3-4-6-15(12)23-14)18(22)10-7-11(9-20)17(21)13(19)8-10/h3-8,21H,2H2,1H3. The van der Waals surface area contributed by atoms with Crippen molar-refractivity contribution in [3.8, 4) is 11.8 Å². The van der Waals surface area contributed by atoms with Crippen molar-refractivity contribution < 1.29 is 14.3 Å². The van der Waals surface area contributed by atoms with Gasteiger partial charge in [0.1, 0.15) is 23.2 Å². The maximum Gasteiger partial charge on any atom is 0.197 e. The maximum absolute atomic E-state index is 13.0. The highest BCUT2D eigenvalue weighted by Gasteiger charge is 2.22.